The quantitative estimate of drug-likeness (QED) is 0.424. The molecule has 0 N–H and O–H groups in total. The number of nitrogens with zero attached hydrogens (tertiary/aromatic N) is 2. The second-order valence-corrected chi connectivity index (χ2v) is 4.53. The average Bonchev–Trinajstić information content (AvgIpc) is 2.48. The van der Waals surface area contributed by atoms with Crippen LogP contribution in [0.1, 0.15) is 4.88 Å². The summed E-state index contributed by atoms with van der Waals surface area (Å²) in [4.78, 5) is 11.2. The normalized spacial score (nSPS) is 10.7. The molecule has 0 aliphatic carbocycles. The van der Waals surface area contributed by atoms with Crippen molar-refractivity contribution in [3.05, 3.63) is 27.1 Å². The van der Waals surface area contributed by atoms with Gasteiger partial charge in [0.25, 0.3) is 5.69 Å². The average molecular weight is 226 g/mol. The van der Waals surface area contributed by atoms with Gasteiger partial charge in [-0.3, -0.25) is 10.1 Å². The van der Waals surface area contributed by atoms with Gasteiger partial charge < -0.3 is 0 Å². The summed E-state index contributed by atoms with van der Waals surface area (Å²) in [7, 11) is 2.48. The first-order valence-electron chi connectivity index (χ1n) is 3.89. The predicted molar refractivity (Wildman–Crippen MR) is 60.4 cm³/mol. The molecule has 14 heavy (non-hydrogen) atoms. The predicted octanol–water partition coefficient (Wildman–Crippen LogP) is 2.01. The minimum atomic E-state index is -0.385. The van der Waals surface area contributed by atoms with Gasteiger partial charge in [-0.05, 0) is 18.5 Å². The monoisotopic (exact) mass is 226 g/mol. The van der Waals surface area contributed by atoms with Crippen LogP contribution < -0.4 is 5.30 Å². The standard InChI is InChI=1S/C8H7N2O2PS/c1-4-6-2-5(10(11)12)3-7(13)8(6)9-14-4/h2-3H,13H2,1H3. The van der Waals surface area contributed by atoms with Crippen molar-refractivity contribution < 1.29 is 4.92 Å². The number of benzene rings is 1. The molecular weight excluding hydrogens is 219 g/mol. The van der Waals surface area contributed by atoms with Crippen molar-refractivity contribution in [3.63, 3.8) is 0 Å². The van der Waals surface area contributed by atoms with Crippen LogP contribution in [0.2, 0.25) is 0 Å². The third-order valence-electron chi connectivity index (χ3n) is 1.99. The van der Waals surface area contributed by atoms with Crippen molar-refractivity contribution in [2.75, 3.05) is 0 Å². The lowest BCUT2D eigenvalue weighted by Crippen LogP contribution is -1.97. The third kappa shape index (κ3) is 1.38. The van der Waals surface area contributed by atoms with Crippen LogP contribution in [0.3, 0.4) is 0 Å². The summed E-state index contributed by atoms with van der Waals surface area (Å²) < 4.78 is 4.22. The molecule has 0 aliphatic heterocycles. The molecule has 72 valence electrons. The minimum Gasteiger partial charge on any atom is -0.258 e. The molecule has 1 aromatic carbocycles. The first-order valence-corrected chi connectivity index (χ1v) is 5.24. The highest BCUT2D eigenvalue weighted by molar-refractivity contribution is 7.28. The SMILES string of the molecule is Cc1snc2c(P)cc([N+](=O)[O-])cc12. The molecule has 0 saturated heterocycles. The second-order valence-electron chi connectivity index (χ2n) is 2.93. The van der Waals surface area contributed by atoms with Crippen LogP contribution in [0.4, 0.5) is 5.69 Å². The van der Waals surface area contributed by atoms with E-state index in [0.717, 1.165) is 21.1 Å². The zero-order valence-corrected chi connectivity index (χ0v) is 9.32. The largest absolute Gasteiger partial charge is 0.270 e. The van der Waals surface area contributed by atoms with Crippen LogP contribution in [-0.2, 0) is 0 Å². The molecule has 0 fully saturated rings. The Labute approximate surface area is 86.5 Å². The van der Waals surface area contributed by atoms with E-state index in [1.54, 1.807) is 6.07 Å². The van der Waals surface area contributed by atoms with E-state index in [9.17, 15) is 10.1 Å². The zero-order chi connectivity index (χ0) is 10.3. The molecule has 0 spiro atoms. The fourth-order valence-corrected chi connectivity index (χ4v) is 2.45. The van der Waals surface area contributed by atoms with E-state index in [0.29, 0.717) is 0 Å². The van der Waals surface area contributed by atoms with Gasteiger partial charge in [-0.2, -0.15) is 4.37 Å². The van der Waals surface area contributed by atoms with E-state index >= 15 is 0 Å². The summed E-state index contributed by atoms with van der Waals surface area (Å²) >= 11 is 1.37. The molecule has 1 heterocycles. The summed E-state index contributed by atoms with van der Waals surface area (Å²) in [6.07, 6.45) is 0. The maximum atomic E-state index is 10.6. The number of hydrogen-bond acceptors (Lipinski definition) is 4. The van der Waals surface area contributed by atoms with Crippen LogP contribution in [0.15, 0.2) is 12.1 Å². The van der Waals surface area contributed by atoms with E-state index < -0.39 is 0 Å². The Balaban J connectivity index is 2.82. The summed E-state index contributed by atoms with van der Waals surface area (Å²) in [6, 6.07) is 3.09. The van der Waals surface area contributed by atoms with E-state index in [1.807, 2.05) is 6.92 Å². The molecule has 2 rings (SSSR count). The Kier molecular flexibility index (Phi) is 2.21. The molecule has 0 amide bonds. The maximum absolute atomic E-state index is 10.6. The number of fused-ring (bicyclic) bond motifs is 1. The molecule has 1 aromatic heterocycles. The molecule has 0 bridgehead atoms. The Hall–Kier alpha value is -1.06. The Bertz CT molecular complexity index is 523. The Morgan fingerprint density at radius 1 is 1.57 bits per heavy atom. The lowest BCUT2D eigenvalue weighted by molar-refractivity contribution is -0.384. The summed E-state index contributed by atoms with van der Waals surface area (Å²) in [5.74, 6) is 0. The summed E-state index contributed by atoms with van der Waals surface area (Å²) in [6.45, 7) is 1.91. The van der Waals surface area contributed by atoms with Crippen LogP contribution >= 0.6 is 20.8 Å². The highest BCUT2D eigenvalue weighted by atomic mass is 32.1. The van der Waals surface area contributed by atoms with Gasteiger partial charge in [0, 0.05) is 27.7 Å². The van der Waals surface area contributed by atoms with Crippen molar-refractivity contribution in [3.8, 4) is 0 Å². The Morgan fingerprint density at radius 2 is 2.29 bits per heavy atom. The highest BCUT2D eigenvalue weighted by Gasteiger charge is 2.12. The van der Waals surface area contributed by atoms with E-state index in [-0.39, 0.29) is 10.6 Å². The van der Waals surface area contributed by atoms with Crippen LogP contribution in [0.5, 0.6) is 0 Å². The molecule has 0 aliphatic rings. The third-order valence-corrected chi connectivity index (χ3v) is 3.20. The van der Waals surface area contributed by atoms with E-state index in [4.69, 9.17) is 0 Å². The molecule has 4 nitrogen and oxygen atoms in total. The van der Waals surface area contributed by atoms with Crippen molar-refractivity contribution >= 4 is 42.7 Å². The molecule has 0 saturated carbocycles. The highest BCUT2D eigenvalue weighted by Crippen LogP contribution is 2.25. The van der Waals surface area contributed by atoms with Crippen molar-refractivity contribution in [2.24, 2.45) is 0 Å². The van der Waals surface area contributed by atoms with Crippen LogP contribution in [0, 0.1) is 17.0 Å². The topological polar surface area (TPSA) is 56.0 Å². The lowest BCUT2D eigenvalue weighted by atomic mass is 10.2. The van der Waals surface area contributed by atoms with E-state index in [1.165, 1.54) is 17.6 Å². The smallest absolute Gasteiger partial charge is 0.258 e. The molecular formula is C8H7N2O2PS. The fourth-order valence-electron chi connectivity index (χ4n) is 1.28. The zero-order valence-electron chi connectivity index (χ0n) is 7.35. The molecule has 0 radical (unpaired) electrons. The number of nitro benzene ring substituents is 1. The van der Waals surface area contributed by atoms with Gasteiger partial charge in [0.1, 0.15) is 0 Å². The number of nitro groups is 1. The second kappa shape index (κ2) is 3.26. The van der Waals surface area contributed by atoms with Crippen molar-refractivity contribution in [2.45, 2.75) is 6.92 Å². The van der Waals surface area contributed by atoms with Crippen LogP contribution in [0.25, 0.3) is 10.9 Å². The summed E-state index contributed by atoms with van der Waals surface area (Å²) in [5, 5.41) is 12.3. The van der Waals surface area contributed by atoms with Gasteiger partial charge >= 0.3 is 0 Å². The molecule has 6 heteroatoms. The number of aromatic nitrogens is 1. The van der Waals surface area contributed by atoms with Gasteiger partial charge in [0.05, 0.1) is 10.4 Å². The summed E-state index contributed by atoms with van der Waals surface area (Å²) in [5.41, 5.74) is 0.953. The van der Waals surface area contributed by atoms with Crippen molar-refractivity contribution in [1.29, 1.82) is 0 Å². The first-order chi connectivity index (χ1) is 6.59. The van der Waals surface area contributed by atoms with E-state index in [2.05, 4.69) is 13.6 Å². The molecule has 1 unspecified atom stereocenters. The number of rotatable bonds is 1. The maximum Gasteiger partial charge on any atom is 0.270 e. The van der Waals surface area contributed by atoms with Gasteiger partial charge in [-0.25, -0.2) is 0 Å². The molecule has 2 aromatic rings. The van der Waals surface area contributed by atoms with Crippen LogP contribution in [-0.4, -0.2) is 9.30 Å². The lowest BCUT2D eigenvalue weighted by Gasteiger charge is -1.96. The Morgan fingerprint density at radius 3 is 2.93 bits per heavy atom. The number of hydrogen-bond donors (Lipinski definition) is 0. The van der Waals surface area contributed by atoms with Gasteiger partial charge in [-0.15, -0.1) is 9.24 Å². The van der Waals surface area contributed by atoms with Gasteiger partial charge in [-0.1, -0.05) is 0 Å². The first kappa shape index (κ1) is 9.49. The van der Waals surface area contributed by atoms with Gasteiger partial charge in [0.2, 0.25) is 0 Å². The molecule has 1 atom stereocenters. The van der Waals surface area contributed by atoms with Crippen molar-refractivity contribution in [1.82, 2.24) is 4.37 Å². The fraction of sp³-hybridized carbons (Fsp3) is 0.125. The van der Waals surface area contributed by atoms with Gasteiger partial charge in [0.15, 0.2) is 0 Å². The minimum absolute atomic E-state index is 0.116. The number of non-ortho nitro benzene ring substituents is 1. The number of aryl methyl sites for hydroxylation is 1.